The number of aliphatic hydroxyl groups excluding tert-OH is 1. The van der Waals surface area contributed by atoms with Crippen LogP contribution in [-0.2, 0) is 0 Å². The molecule has 0 amide bonds. The second-order valence-corrected chi connectivity index (χ2v) is 7.47. The molecule has 0 aliphatic rings. The van der Waals surface area contributed by atoms with Gasteiger partial charge >= 0.3 is 0 Å². The average molecular weight is 452 g/mol. The molecule has 0 saturated carbocycles. The first-order valence-corrected chi connectivity index (χ1v) is 10.3. The predicted molar refractivity (Wildman–Crippen MR) is 120 cm³/mol. The maximum absolute atomic E-state index is 12.4. The van der Waals surface area contributed by atoms with Crippen molar-refractivity contribution in [1.29, 1.82) is 0 Å². The summed E-state index contributed by atoms with van der Waals surface area (Å²) in [6.45, 7) is 0.656. The fraction of sp³-hybridized carbons (Fsp3) is 0.333. The Labute approximate surface area is 184 Å². The van der Waals surface area contributed by atoms with E-state index in [1.165, 1.54) is 18.5 Å². The van der Waals surface area contributed by atoms with Gasteiger partial charge in [-0.05, 0) is 31.4 Å². The number of aromatic nitrogens is 2. The van der Waals surface area contributed by atoms with Crippen molar-refractivity contribution in [2.24, 2.45) is 0 Å². The lowest BCUT2D eigenvalue weighted by molar-refractivity contribution is 0.269. The van der Waals surface area contributed by atoms with E-state index in [9.17, 15) is 4.79 Å². The number of aromatic amines is 1. The summed E-state index contributed by atoms with van der Waals surface area (Å²) in [5.41, 5.74) is 1.19. The highest BCUT2D eigenvalue weighted by Crippen LogP contribution is 2.39. The number of hydrogen-bond acceptors (Lipinski definition) is 6. The molecule has 3 aromatic rings. The number of H-pyrrole nitrogens is 1. The minimum Gasteiger partial charge on any atom is -0.493 e. The van der Waals surface area contributed by atoms with Crippen molar-refractivity contribution in [3.8, 4) is 11.5 Å². The van der Waals surface area contributed by atoms with Crippen molar-refractivity contribution in [3.05, 3.63) is 51.0 Å². The third-order valence-corrected chi connectivity index (χ3v) is 5.14. The van der Waals surface area contributed by atoms with Gasteiger partial charge in [-0.1, -0.05) is 29.6 Å². The number of fused-ring (bicyclic) bond motifs is 1. The van der Waals surface area contributed by atoms with Crippen LogP contribution in [0.5, 0.6) is 11.5 Å². The molecule has 1 aromatic carbocycles. The quantitative estimate of drug-likeness (QED) is 0.378. The topological polar surface area (TPSA) is 96.5 Å². The van der Waals surface area contributed by atoms with Crippen LogP contribution < -0.4 is 20.3 Å². The number of nitrogens with zero attached hydrogens (tertiary/aromatic N) is 1. The van der Waals surface area contributed by atoms with Crippen LogP contribution in [0.4, 0.5) is 11.4 Å². The smallest absolute Gasteiger partial charge is 0.250 e. The Balaban J connectivity index is 1.96. The minimum atomic E-state index is -0.313. The van der Waals surface area contributed by atoms with Gasteiger partial charge in [0.25, 0.3) is 5.56 Å². The van der Waals surface area contributed by atoms with Gasteiger partial charge in [0.05, 0.1) is 40.7 Å². The van der Waals surface area contributed by atoms with Crippen LogP contribution in [0.3, 0.4) is 0 Å². The van der Waals surface area contributed by atoms with Gasteiger partial charge in [0.2, 0.25) is 0 Å². The number of nitrogens with one attached hydrogen (secondary N) is 2. The molecule has 0 spiro atoms. The maximum atomic E-state index is 12.4. The van der Waals surface area contributed by atoms with Gasteiger partial charge in [0.15, 0.2) is 11.5 Å². The molecule has 0 radical (unpaired) electrons. The van der Waals surface area contributed by atoms with E-state index in [1.807, 2.05) is 6.07 Å². The molecule has 30 heavy (non-hydrogen) atoms. The zero-order valence-electron chi connectivity index (χ0n) is 16.5. The van der Waals surface area contributed by atoms with Crippen LogP contribution in [0.25, 0.3) is 10.9 Å². The van der Waals surface area contributed by atoms with Crippen LogP contribution in [0.15, 0.2) is 35.4 Å². The normalized spacial score (nSPS) is 10.9. The number of aliphatic hydroxyl groups is 1. The molecule has 2 heterocycles. The van der Waals surface area contributed by atoms with Crippen LogP contribution in [0.2, 0.25) is 10.0 Å². The number of pyridine rings is 2. The highest BCUT2D eigenvalue weighted by Gasteiger charge is 2.16. The standard InChI is InChI=1S/C21H23Cl2N3O4/c1-29-17-7-6-13-16(25-20-14(22)11-24-12-15(20)23)10-18(28)26-19(13)21(17)30-9-5-3-2-4-8-27/h6-7,10-12,27H,2-5,8-9H2,1H3,(H2,24,25,26,28). The molecule has 0 bridgehead atoms. The Morgan fingerprint density at radius 2 is 1.87 bits per heavy atom. The van der Waals surface area contributed by atoms with Gasteiger partial charge in [-0.25, -0.2) is 0 Å². The molecule has 160 valence electrons. The van der Waals surface area contributed by atoms with Crippen LogP contribution in [0, 0.1) is 0 Å². The van der Waals surface area contributed by atoms with E-state index in [2.05, 4.69) is 15.3 Å². The van der Waals surface area contributed by atoms with Crippen LogP contribution >= 0.6 is 23.2 Å². The number of halogens is 2. The van der Waals surface area contributed by atoms with E-state index >= 15 is 0 Å². The summed E-state index contributed by atoms with van der Waals surface area (Å²) in [6.07, 6.45) is 6.42. The number of benzene rings is 1. The second-order valence-electron chi connectivity index (χ2n) is 6.66. The second kappa shape index (κ2) is 10.5. The molecule has 0 aliphatic carbocycles. The lowest BCUT2D eigenvalue weighted by atomic mass is 10.1. The van der Waals surface area contributed by atoms with Crippen molar-refractivity contribution in [2.75, 3.05) is 25.6 Å². The third-order valence-electron chi connectivity index (χ3n) is 4.57. The monoisotopic (exact) mass is 451 g/mol. The molecule has 3 N–H and O–H groups in total. The Morgan fingerprint density at radius 1 is 1.13 bits per heavy atom. The van der Waals surface area contributed by atoms with Crippen molar-refractivity contribution in [3.63, 3.8) is 0 Å². The summed E-state index contributed by atoms with van der Waals surface area (Å²) < 4.78 is 11.4. The number of unbranched alkanes of at least 4 members (excludes halogenated alkanes) is 3. The Morgan fingerprint density at radius 3 is 2.57 bits per heavy atom. The van der Waals surface area contributed by atoms with Crippen LogP contribution in [-0.4, -0.2) is 35.4 Å². The Bertz CT molecular complexity index is 1050. The molecule has 3 rings (SSSR count). The van der Waals surface area contributed by atoms with Gasteiger partial charge in [-0.2, -0.15) is 0 Å². The first kappa shape index (κ1) is 22.2. The van der Waals surface area contributed by atoms with Crippen molar-refractivity contribution in [1.82, 2.24) is 9.97 Å². The van der Waals surface area contributed by atoms with Crippen molar-refractivity contribution >= 4 is 45.5 Å². The van der Waals surface area contributed by atoms with Crippen molar-refractivity contribution in [2.45, 2.75) is 25.7 Å². The first-order valence-electron chi connectivity index (χ1n) is 9.59. The van der Waals surface area contributed by atoms with E-state index in [-0.39, 0.29) is 12.2 Å². The molecule has 2 aromatic heterocycles. The summed E-state index contributed by atoms with van der Waals surface area (Å²) in [6, 6.07) is 5.03. The largest absolute Gasteiger partial charge is 0.493 e. The molecular weight excluding hydrogens is 429 g/mol. The molecule has 9 heteroatoms. The highest BCUT2D eigenvalue weighted by molar-refractivity contribution is 6.39. The lowest BCUT2D eigenvalue weighted by Gasteiger charge is -2.16. The first-order chi connectivity index (χ1) is 14.5. The average Bonchev–Trinajstić information content (AvgIpc) is 2.73. The van der Waals surface area contributed by atoms with E-state index in [0.29, 0.717) is 45.0 Å². The fourth-order valence-electron chi connectivity index (χ4n) is 3.09. The highest BCUT2D eigenvalue weighted by atomic mass is 35.5. The predicted octanol–water partition coefficient (Wildman–Crippen LogP) is 4.91. The molecule has 0 saturated heterocycles. The van der Waals surface area contributed by atoms with Gasteiger partial charge in [0, 0.05) is 30.5 Å². The zero-order valence-corrected chi connectivity index (χ0v) is 18.0. The molecular formula is C21H23Cl2N3O4. The molecule has 0 atom stereocenters. The van der Waals surface area contributed by atoms with Gasteiger partial charge in [0.1, 0.15) is 0 Å². The molecule has 7 nitrogen and oxygen atoms in total. The zero-order chi connectivity index (χ0) is 21.5. The molecule has 0 fully saturated rings. The lowest BCUT2D eigenvalue weighted by Crippen LogP contribution is -2.09. The van der Waals surface area contributed by atoms with E-state index < -0.39 is 0 Å². The summed E-state index contributed by atoms with van der Waals surface area (Å²) >= 11 is 12.4. The number of methoxy groups -OCH3 is 1. The summed E-state index contributed by atoms with van der Waals surface area (Å²) in [5, 5.41) is 13.4. The maximum Gasteiger partial charge on any atom is 0.250 e. The number of rotatable bonds is 10. The Hall–Kier alpha value is -2.48. The number of ether oxygens (including phenoxy) is 2. The SMILES string of the molecule is COc1ccc2c(Nc3c(Cl)cncc3Cl)cc(=O)[nH]c2c1OCCCCCCO. The third kappa shape index (κ3) is 5.16. The molecule has 0 aliphatic heterocycles. The molecule has 0 unspecified atom stereocenters. The Kier molecular flexibility index (Phi) is 7.79. The van der Waals surface area contributed by atoms with Gasteiger partial charge in [-0.3, -0.25) is 9.78 Å². The number of anilines is 2. The fourth-order valence-corrected chi connectivity index (χ4v) is 3.55. The summed E-state index contributed by atoms with van der Waals surface area (Å²) in [5.74, 6) is 0.982. The minimum absolute atomic E-state index is 0.195. The van der Waals surface area contributed by atoms with E-state index in [0.717, 1.165) is 31.1 Å². The van der Waals surface area contributed by atoms with E-state index in [1.54, 1.807) is 13.2 Å². The number of hydrogen-bond donors (Lipinski definition) is 3. The summed E-state index contributed by atoms with van der Waals surface area (Å²) in [7, 11) is 1.55. The van der Waals surface area contributed by atoms with Crippen molar-refractivity contribution < 1.29 is 14.6 Å². The van der Waals surface area contributed by atoms with Gasteiger partial charge in [-0.15, -0.1) is 0 Å². The summed E-state index contributed by atoms with van der Waals surface area (Å²) in [4.78, 5) is 19.1. The van der Waals surface area contributed by atoms with Gasteiger partial charge < -0.3 is 24.9 Å². The van der Waals surface area contributed by atoms with Crippen LogP contribution in [0.1, 0.15) is 25.7 Å². The van der Waals surface area contributed by atoms with E-state index in [4.69, 9.17) is 37.8 Å².